The van der Waals surface area contributed by atoms with Crippen LogP contribution in [0.3, 0.4) is 0 Å². The Morgan fingerprint density at radius 2 is 1.64 bits per heavy atom. The molecule has 2 aliphatic heterocycles. The predicted molar refractivity (Wildman–Crippen MR) is 118 cm³/mol. The summed E-state index contributed by atoms with van der Waals surface area (Å²) in [6, 6.07) is 16.4. The van der Waals surface area contributed by atoms with Gasteiger partial charge in [0.2, 0.25) is 5.91 Å². The van der Waals surface area contributed by atoms with Crippen LogP contribution in [0.4, 0.5) is 20.2 Å². The molecule has 5 rings (SSSR count). The highest BCUT2D eigenvalue weighted by molar-refractivity contribution is 7.94. The van der Waals surface area contributed by atoms with E-state index in [2.05, 4.69) is 0 Å². The summed E-state index contributed by atoms with van der Waals surface area (Å²) in [5.41, 5.74) is 2.03. The van der Waals surface area contributed by atoms with Gasteiger partial charge in [-0.1, -0.05) is 48.0 Å². The lowest BCUT2D eigenvalue weighted by atomic mass is 10.0. The van der Waals surface area contributed by atoms with Crippen molar-refractivity contribution >= 4 is 33.0 Å². The molecular weight excluding hydrogens is 450 g/mol. The summed E-state index contributed by atoms with van der Waals surface area (Å²) >= 11 is 0. The molecule has 1 spiro atoms. The standard InChI is InChI=1S/C24H18F2N2O4S/c1-15-6-8-16(9-7-15)13-27-21-5-3-2-4-18(21)24(23(27)30)28(22(29)14-33(24,31)32)17-10-11-19(25)20(26)12-17/h2-12H,13-14H2,1H3/t24-/m1/s1. The number of carbonyl (C=O) groups is 2. The molecule has 0 saturated carbocycles. The number of rotatable bonds is 3. The number of anilines is 2. The van der Waals surface area contributed by atoms with Gasteiger partial charge in [0.05, 0.1) is 12.2 Å². The van der Waals surface area contributed by atoms with E-state index in [0.717, 1.165) is 34.2 Å². The number of halogens is 2. The minimum absolute atomic E-state index is 0.0766. The van der Waals surface area contributed by atoms with E-state index < -0.39 is 43.9 Å². The Kier molecular flexibility index (Phi) is 4.65. The van der Waals surface area contributed by atoms with Gasteiger partial charge in [0.1, 0.15) is 5.75 Å². The number of fused-ring (bicyclic) bond motifs is 2. The van der Waals surface area contributed by atoms with Crippen LogP contribution in [-0.4, -0.2) is 26.0 Å². The van der Waals surface area contributed by atoms with Crippen LogP contribution in [0.2, 0.25) is 0 Å². The molecule has 1 atom stereocenters. The number of hydrogen-bond donors (Lipinski definition) is 0. The molecule has 168 valence electrons. The predicted octanol–water partition coefficient (Wildman–Crippen LogP) is 3.43. The number of para-hydroxylation sites is 1. The maximum absolute atomic E-state index is 14.1. The molecule has 0 bridgehead atoms. The number of amides is 2. The summed E-state index contributed by atoms with van der Waals surface area (Å²) in [6.45, 7) is 2.00. The fourth-order valence-electron chi connectivity index (χ4n) is 4.55. The van der Waals surface area contributed by atoms with Gasteiger partial charge < -0.3 is 4.90 Å². The van der Waals surface area contributed by atoms with Crippen LogP contribution in [0.25, 0.3) is 0 Å². The van der Waals surface area contributed by atoms with Crippen LogP contribution >= 0.6 is 0 Å². The monoisotopic (exact) mass is 468 g/mol. The molecule has 3 aromatic rings. The van der Waals surface area contributed by atoms with Crippen molar-refractivity contribution in [1.29, 1.82) is 0 Å². The molecule has 0 aliphatic carbocycles. The van der Waals surface area contributed by atoms with Crippen LogP contribution in [0, 0.1) is 18.6 Å². The third kappa shape index (κ3) is 2.92. The first kappa shape index (κ1) is 21.3. The highest BCUT2D eigenvalue weighted by Crippen LogP contribution is 2.52. The Morgan fingerprint density at radius 3 is 2.33 bits per heavy atom. The van der Waals surface area contributed by atoms with Gasteiger partial charge in [-0.05, 0) is 30.7 Å². The zero-order chi connectivity index (χ0) is 23.5. The van der Waals surface area contributed by atoms with Gasteiger partial charge in [0.15, 0.2) is 21.5 Å². The molecule has 6 nitrogen and oxygen atoms in total. The van der Waals surface area contributed by atoms with Crippen molar-refractivity contribution in [2.45, 2.75) is 18.3 Å². The molecule has 1 saturated heterocycles. The normalized spacial score (nSPS) is 21.2. The Balaban J connectivity index is 1.73. The van der Waals surface area contributed by atoms with E-state index in [4.69, 9.17) is 0 Å². The van der Waals surface area contributed by atoms with Crippen molar-refractivity contribution in [3.63, 3.8) is 0 Å². The summed E-state index contributed by atoms with van der Waals surface area (Å²) in [5.74, 6) is -5.05. The van der Waals surface area contributed by atoms with E-state index in [1.54, 1.807) is 18.2 Å². The van der Waals surface area contributed by atoms with Crippen LogP contribution in [0.1, 0.15) is 16.7 Å². The molecule has 33 heavy (non-hydrogen) atoms. The summed E-state index contributed by atoms with van der Waals surface area (Å²) in [6.07, 6.45) is 0. The fourth-order valence-corrected chi connectivity index (χ4v) is 6.58. The summed E-state index contributed by atoms with van der Waals surface area (Å²) < 4.78 is 54.6. The third-order valence-corrected chi connectivity index (χ3v) is 8.15. The second-order valence-electron chi connectivity index (χ2n) is 8.12. The van der Waals surface area contributed by atoms with Crippen LogP contribution in [-0.2, 0) is 30.8 Å². The third-order valence-electron chi connectivity index (χ3n) is 6.05. The molecule has 0 N–H and O–H groups in total. The van der Waals surface area contributed by atoms with Gasteiger partial charge in [-0.3, -0.25) is 14.5 Å². The lowest BCUT2D eigenvalue weighted by molar-refractivity contribution is -0.123. The van der Waals surface area contributed by atoms with Crippen molar-refractivity contribution in [2.75, 3.05) is 15.6 Å². The molecule has 2 aliphatic rings. The first-order valence-electron chi connectivity index (χ1n) is 10.1. The first-order chi connectivity index (χ1) is 15.7. The average Bonchev–Trinajstić information content (AvgIpc) is 3.14. The molecule has 2 heterocycles. The van der Waals surface area contributed by atoms with Crippen molar-refractivity contribution in [3.8, 4) is 0 Å². The summed E-state index contributed by atoms with van der Waals surface area (Å²) in [4.78, 5) is 26.6. The van der Waals surface area contributed by atoms with Crippen LogP contribution in [0.15, 0.2) is 66.7 Å². The number of sulfone groups is 1. The Labute approximate surface area is 189 Å². The molecule has 9 heteroatoms. The van der Waals surface area contributed by atoms with Crippen LogP contribution in [0.5, 0.6) is 0 Å². The van der Waals surface area contributed by atoms with E-state index in [1.165, 1.54) is 11.0 Å². The largest absolute Gasteiger partial charge is 0.304 e. The van der Waals surface area contributed by atoms with Crippen LogP contribution < -0.4 is 9.80 Å². The summed E-state index contributed by atoms with van der Waals surface area (Å²) in [7, 11) is -4.38. The van der Waals surface area contributed by atoms with Crippen molar-refractivity contribution < 1.29 is 26.8 Å². The summed E-state index contributed by atoms with van der Waals surface area (Å²) in [5, 5.41) is 0. The molecular formula is C24H18F2N2O4S. The fraction of sp³-hybridized carbons (Fsp3) is 0.167. The Morgan fingerprint density at radius 1 is 0.939 bits per heavy atom. The van der Waals surface area contributed by atoms with Gasteiger partial charge in [-0.2, -0.15) is 0 Å². The van der Waals surface area contributed by atoms with Crippen molar-refractivity contribution in [1.82, 2.24) is 0 Å². The van der Waals surface area contributed by atoms with Gasteiger partial charge in [0.25, 0.3) is 10.8 Å². The number of benzene rings is 3. The molecule has 2 amide bonds. The van der Waals surface area contributed by atoms with E-state index in [0.29, 0.717) is 5.69 Å². The van der Waals surface area contributed by atoms with E-state index in [1.807, 2.05) is 31.2 Å². The Bertz CT molecular complexity index is 1420. The number of nitrogens with zero attached hydrogens (tertiary/aromatic N) is 2. The van der Waals surface area contributed by atoms with E-state index in [9.17, 15) is 26.8 Å². The number of aryl methyl sites for hydroxylation is 1. The van der Waals surface area contributed by atoms with Crippen molar-refractivity contribution in [2.24, 2.45) is 0 Å². The maximum atomic E-state index is 14.1. The smallest absolute Gasteiger partial charge is 0.274 e. The zero-order valence-electron chi connectivity index (χ0n) is 17.5. The minimum atomic E-state index is -4.38. The van der Waals surface area contributed by atoms with E-state index >= 15 is 0 Å². The lowest BCUT2D eigenvalue weighted by Gasteiger charge is -2.32. The van der Waals surface area contributed by atoms with Gasteiger partial charge in [0, 0.05) is 17.3 Å². The molecule has 1 fully saturated rings. The number of hydrogen-bond acceptors (Lipinski definition) is 4. The second kappa shape index (κ2) is 7.21. The molecule has 0 radical (unpaired) electrons. The molecule has 0 unspecified atom stereocenters. The first-order valence-corrected chi connectivity index (χ1v) is 11.8. The highest BCUT2D eigenvalue weighted by Gasteiger charge is 2.69. The maximum Gasteiger partial charge on any atom is 0.274 e. The minimum Gasteiger partial charge on any atom is -0.304 e. The SMILES string of the molecule is Cc1ccc(CN2C(=O)[C@]3(c4ccccc42)N(c2ccc(F)c(F)c2)C(=O)CS3(=O)=O)cc1. The quantitative estimate of drug-likeness (QED) is 0.590. The highest BCUT2D eigenvalue weighted by atomic mass is 32.2. The molecule has 3 aromatic carbocycles. The van der Waals surface area contributed by atoms with E-state index in [-0.39, 0.29) is 17.8 Å². The van der Waals surface area contributed by atoms with Gasteiger partial charge >= 0.3 is 0 Å². The lowest BCUT2D eigenvalue weighted by Crippen LogP contribution is -2.54. The molecule has 0 aromatic heterocycles. The topological polar surface area (TPSA) is 74.8 Å². The van der Waals surface area contributed by atoms with Gasteiger partial charge in [-0.25, -0.2) is 17.2 Å². The number of carbonyl (C=O) groups excluding carboxylic acids is 2. The Hall–Kier alpha value is -3.59. The zero-order valence-corrected chi connectivity index (χ0v) is 18.3. The van der Waals surface area contributed by atoms with Gasteiger partial charge in [-0.15, -0.1) is 0 Å². The average molecular weight is 468 g/mol. The van der Waals surface area contributed by atoms with Crippen molar-refractivity contribution in [3.05, 3.63) is 95.1 Å². The second-order valence-corrected chi connectivity index (χ2v) is 10.2.